The minimum atomic E-state index is -4.59. The van der Waals surface area contributed by atoms with Gasteiger partial charge in [0.1, 0.15) is 12.7 Å². The van der Waals surface area contributed by atoms with Crippen molar-refractivity contribution in [2.75, 3.05) is 26.4 Å². The van der Waals surface area contributed by atoms with Gasteiger partial charge < -0.3 is 24.6 Å². The zero-order chi connectivity index (χ0) is 32.7. The number of ether oxygens (including phenoxy) is 2. The van der Waals surface area contributed by atoms with Crippen molar-refractivity contribution in [2.24, 2.45) is 0 Å². The predicted octanol–water partition coefficient (Wildman–Crippen LogP) is 7.94. The molecule has 0 saturated carbocycles. The molecule has 0 aromatic rings. The van der Waals surface area contributed by atoms with Crippen molar-refractivity contribution in [1.29, 1.82) is 0 Å². The molecule has 0 aliphatic carbocycles. The zero-order valence-corrected chi connectivity index (χ0v) is 28.8. The van der Waals surface area contributed by atoms with E-state index < -0.39 is 51.8 Å². The predicted molar refractivity (Wildman–Crippen MR) is 173 cm³/mol. The molecular weight excluding hydrogens is 587 g/mol. The third-order valence-electron chi connectivity index (χ3n) is 7.51. The molecule has 10 nitrogen and oxygen atoms in total. The lowest BCUT2D eigenvalue weighted by atomic mass is 10.0. The number of unbranched alkanes of at least 4 members (excludes halogenated alkanes) is 19. The number of hydrogen-bond acceptors (Lipinski definition) is 9. The highest BCUT2D eigenvalue weighted by Gasteiger charge is 2.27. The first-order valence-corrected chi connectivity index (χ1v) is 19.0. The van der Waals surface area contributed by atoms with Crippen molar-refractivity contribution in [1.82, 2.24) is 0 Å². The second kappa shape index (κ2) is 30.6. The Morgan fingerprint density at radius 1 is 0.591 bits per heavy atom. The lowest BCUT2D eigenvalue weighted by Gasteiger charge is -2.20. The average Bonchev–Trinajstić information content (AvgIpc) is 3.00. The van der Waals surface area contributed by atoms with Gasteiger partial charge in [0.05, 0.1) is 19.8 Å². The molecule has 11 heteroatoms. The van der Waals surface area contributed by atoms with Crippen LogP contribution in [-0.2, 0) is 32.7 Å². The van der Waals surface area contributed by atoms with Gasteiger partial charge in [-0.1, -0.05) is 136 Å². The second-order valence-electron chi connectivity index (χ2n) is 11.9. The van der Waals surface area contributed by atoms with Crippen LogP contribution in [0.2, 0.25) is 0 Å². The van der Waals surface area contributed by atoms with E-state index in [2.05, 4.69) is 18.4 Å². The van der Waals surface area contributed by atoms with Crippen LogP contribution >= 0.6 is 7.82 Å². The van der Waals surface area contributed by atoms with Crippen molar-refractivity contribution < 1.29 is 47.8 Å². The van der Waals surface area contributed by atoms with Crippen molar-refractivity contribution in [3.05, 3.63) is 0 Å². The van der Waals surface area contributed by atoms with E-state index in [9.17, 15) is 24.2 Å². The minimum absolute atomic E-state index is 0.191. The van der Waals surface area contributed by atoms with Crippen LogP contribution in [0.25, 0.3) is 0 Å². The quantitative estimate of drug-likeness (QED) is 0.0362. The Hall–Kier alpha value is -1.03. The van der Waals surface area contributed by atoms with E-state index in [4.69, 9.17) is 19.1 Å². The van der Waals surface area contributed by atoms with Gasteiger partial charge in [0, 0.05) is 12.8 Å². The Morgan fingerprint density at radius 2 is 0.977 bits per heavy atom. The van der Waals surface area contributed by atoms with Crippen molar-refractivity contribution in [3.8, 4) is 0 Å². The molecular formula is C33H65O10P. The third-order valence-corrected chi connectivity index (χ3v) is 8.46. The number of aliphatic hydroxyl groups excluding tert-OH is 2. The Morgan fingerprint density at radius 3 is 1.41 bits per heavy atom. The van der Waals surface area contributed by atoms with E-state index in [-0.39, 0.29) is 19.4 Å². The van der Waals surface area contributed by atoms with Gasteiger partial charge in [0.25, 0.3) is 0 Å². The standard InChI is InChI=1S/C33H65O10P/c1-3-5-7-9-11-13-14-15-16-17-19-21-23-25-33(37)43-31(29-42-44(38,39)41-27-30(35)26-34)28-40-32(36)24-22-20-18-12-10-8-6-4-2/h30-31,34-35H,3-29H2,1-2H3,(H,38,39)/t30-,31+/m0/s1. The molecule has 0 fully saturated rings. The maximum absolute atomic E-state index is 12.5. The summed E-state index contributed by atoms with van der Waals surface area (Å²) in [5, 5.41) is 18.2. The molecule has 0 amide bonds. The van der Waals surface area contributed by atoms with E-state index in [0.29, 0.717) is 12.8 Å². The highest BCUT2D eigenvalue weighted by atomic mass is 31.2. The summed E-state index contributed by atoms with van der Waals surface area (Å²) in [5.74, 6) is -0.923. The first kappa shape index (κ1) is 43.0. The van der Waals surface area contributed by atoms with Gasteiger partial charge in [-0.05, 0) is 12.8 Å². The van der Waals surface area contributed by atoms with Gasteiger partial charge in [-0.2, -0.15) is 0 Å². The van der Waals surface area contributed by atoms with Crippen LogP contribution in [0.4, 0.5) is 0 Å². The van der Waals surface area contributed by atoms with Crippen LogP contribution in [0.1, 0.15) is 162 Å². The number of aliphatic hydroxyl groups is 2. The van der Waals surface area contributed by atoms with E-state index in [1.807, 2.05) is 0 Å². The first-order chi connectivity index (χ1) is 21.2. The zero-order valence-electron chi connectivity index (χ0n) is 27.9. The van der Waals surface area contributed by atoms with Gasteiger partial charge in [-0.15, -0.1) is 0 Å². The number of hydrogen-bond donors (Lipinski definition) is 3. The SMILES string of the molecule is CCCCCCCCCCCCCCCC(=O)O[C@H](COC(=O)CCCCCCCCCC)COP(=O)(O)OC[C@@H](O)CO. The summed E-state index contributed by atoms with van der Waals surface area (Å²) in [6.45, 7) is 2.33. The van der Waals surface area contributed by atoms with Crippen LogP contribution in [0.5, 0.6) is 0 Å². The molecule has 1 unspecified atom stereocenters. The van der Waals surface area contributed by atoms with E-state index in [1.54, 1.807) is 0 Å². The lowest BCUT2D eigenvalue weighted by Crippen LogP contribution is -2.29. The molecule has 0 aromatic heterocycles. The second-order valence-corrected chi connectivity index (χ2v) is 13.4. The lowest BCUT2D eigenvalue weighted by molar-refractivity contribution is -0.161. The summed E-state index contributed by atoms with van der Waals surface area (Å²) in [6, 6.07) is 0. The van der Waals surface area contributed by atoms with Gasteiger partial charge >= 0.3 is 19.8 Å². The molecule has 0 spiro atoms. The third kappa shape index (κ3) is 29.7. The van der Waals surface area contributed by atoms with Gasteiger partial charge in [-0.25, -0.2) is 4.57 Å². The fourth-order valence-electron chi connectivity index (χ4n) is 4.76. The molecule has 0 bridgehead atoms. The number of phosphoric ester groups is 1. The summed E-state index contributed by atoms with van der Waals surface area (Å²) >= 11 is 0. The molecule has 0 radical (unpaired) electrons. The molecule has 3 N–H and O–H groups in total. The monoisotopic (exact) mass is 652 g/mol. The van der Waals surface area contributed by atoms with Crippen LogP contribution in [-0.4, -0.2) is 65.7 Å². The molecule has 0 aliphatic heterocycles. The Kier molecular flexibility index (Phi) is 29.9. The number of phosphoric acid groups is 1. The number of carbonyl (C=O) groups is 2. The summed E-state index contributed by atoms with van der Waals surface area (Å²) in [6.07, 6.45) is 22.3. The fourth-order valence-corrected chi connectivity index (χ4v) is 5.55. The van der Waals surface area contributed by atoms with E-state index in [1.165, 1.54) is 83.5 Å². The van der Waals surface area contributed by atoms with Crippen LogP contribution < -0.4 is 0 Å². The highest BCUT2D eigenvalue weighted by molar-refractivity contribution is 7.47. The summed E-state index contributed by atoms with van der Waals surface area (Å²) in [4.78, 5) is 34.6. The van der Waals surface area contributed by atoms with Gasteiger partial charge in [0.2, 0.25) is 0 Å². The molecule has 0 rings (SSSR count). The Bertz CT molecular complexity index is 721. The fraction of sp³-hybridized carbons (Fsp3) is 0.939. The van der Waals surface area contributed by atoms with Gasteiger partial charge in [0.15, 0.2) is 6.10 Å². The van der Waals surface area contributed by atoms with E-state index >= 15 is 0 Å². The number of rotatable bonds is 33. The van der Waals surface area contributed by atoms with Gasteiger partial charge in [-0.3, -0.25) is 18.6 Å². The molecule has 0 heterocycles. The van der Waals surface area contributed by atoms with E-state index in [0.717, 1.165) is 38.5 Å². The molecule has 0 aliphatic rings. The smallest absolute Gasteiger partial charge is 0.462 e. The number of carbonyl (C=O) groups excluding carboxylic acids is 2. The maximum atomic E-state index is 12.5. The van der Waals surface area contributed by atoms with Crippen LogP contribution in [0.3, 0.4) is 0 Å². The maximum Gasteiger partial charge on any atom is 0.472 e. The molecule has 44 heavy (non-hydrogen) atoms. The minimum Gasteiger partial charge on any atom is -0.462 e. The normalized spacial score (nSPS) is 14.2. The molecule has 0 saturated heterocycles. The molecule has 0 aromatic carbocycles. The average molecular weight is 653 g/mol. The first-order valence-electron chi connectivity index (χ1n) is 17.5. The molecule has 3 atom stereocenters. The number of esters is 2. The van der Waals surface area contributed by atoms with Crippen molar-refractivity contribution in [3.63, 3.8) is 0 Å². The largest absolute Gasteiger partial charge is 0.472 e. The summed E-state index contributed by atoms with van der Waals surface area (Å²) in [5.41, 5.74) is 0. The Balaban J connectivity index is 4.38. The summed E-state index contributed by atoms with van der Waals surface area (Å²) < 4.78 is 32.4. The Labute approximate surface area is 267 Å². The topological polar surface area (TPSA) is 149 Å². The molecule has 262 valence electrons. The van der Waals surface area contributed by atoms with Crippen LogP contribution in [0, 0.1) is 0 Å². The van der Waals surface area contributed by atoms with Crippen molar-refractivity contribution >= 4 is 19.8 Å². The summed E-state index contributed by atoms with van der Waals surface area (Å²) in [7, 11) is -4.59. The van der Waals surface area contributed by atoms with Crippen LogP contribution in [0.15, 0.2) is 0 Å². The highest BCUT2D eigenvalue weighted by Crippen LogP contribution is 2.43. The van der Waals surface area contributed by atoms with Crippen molar-refractivity contribution in [2.45, 2.75) is 174 Å².